The van der Waals surface area contributed by atoms with E-state index in [-0.39, 0.29) is 5.56 Å². The van der Waals surface area contributed by atoms with Crippen LogP contribution in [-0.2, 0) is 15.6 Å². The molecule has 0 spiro atoms. The molecule has 11 heteroatoms. The molecule has 3 N–H and O–H groups in total. The van der Waals surface area contributed by atoms with Crippen LogP contribution in [0, 0.1) is 5.82 Å². The number of nitrogens with zero attached hydrogens (tertiary/aromatic N) is 3. The van der Waals surface area contributed by atoms with Crippen molar-refractivity contribution in [1.29, 1.82) is 0 Å². The molecule has 0 saturated carbocycles. The maximum atomic E-state index is 14.8. The molecular formula is C20H21F2N5O3S. The van der Waals surface area contributed by atoms with Gasteiger partial charge in [-0.15, -0.1) is 0 Å². The van der Waals surface area contributed by atoms with Crippen LogP contribution >= 0.6 is 0 Å². The van der Waals surface area contributed by atoms with Gasteiger partial charge in [0.2, 0.25) is 0 Å². The van der Waals surface area contributed by atoms with Crippen molar-refractivity contribution in [3.63, 3.8) is 0 Å². The zero-order valence-corrected chi connectivity index (χ0v) is 17.9. The first kappa shape index (κ1) is 22.3. The van der Waals surface area contributed by atoms with E-state index in [1.54, 1.807) is 18.3 Å². The summed E-state index contributed by atoms with van der Waals surface area (Å²) in [5.41, 5.74) is 6.05. The van der Waals surface area contributed by atoms with Gasteiger partial charge >= 0.3 is 0 Å². The Labute approximate surface area is 178 Å². The third-order valence-electron chi connectivity index (χ3n) is 4.75. The minimum absolute atomic E-state index is 0.229. The van der Waals surface area contributed by atoms with Gasteiger partial charge in [0, 0.05) is 29.9 Å². The standard InChI is InChI=1S/C20H21F2N5O3S/c1-20(22,19(23)24-2)31(28,29)11-13-8-14(4-5-16(13)21)27-18-17-12(6-7-25-18)9-15(30-3)10-26-17/h4-10H,11H2,1-3H3,(H2,23,24)(H,25,27)/t20-/m1/s1. The van der Waals surface area contributed by atoms with Crippen LogP contribution in [0.25, 0.3) is 10.9 Å². The minimum Gasteiger partial charge on any atom is -0.495 e. The summed E-state index contributed by atoms with van der Waals surface area (Å²) in [6, 6.07) is 7.29. The summed E-state index contributed by atoms with van der Waals surface area (Å²) >= 11 is 0. The van der Waals surface area contributed by atoms with Gasteiger partial charge in [0.05, 0.1) is 19.1 Å². The number of nitrogens with one attached hydrogen (secondary N) is 1. The van der Waals surface area contributed by atoms with Crippen molar-refractivity contribution in [2.24, 2.45) is 10.7 Å². The first-order chi connectivity index (χ1) is 14.6. The molecule has 1 aromatic carbocycles. The molecule has 0 aliphatic carbocycles. The number of methoxy groups -OCH3 is 1. The summed E-state index contributed by atoms with van der Waals surface area (Å²) in [5, 5.41) is 0.814. The Kier molecular flexibility index (Phi) is 6.07. The van der Waals surface area contributed by atoms with E-state index in [1.807, 2.05) is 0 Å². The van der Waals surface area contributed by atoms with E-state index in [2.05, 4.69) is 20.3 Å². The third kappa shape index (κ3) is 4.41. The fourth-order valence-electron chi connectivity index (χ4n) is 2.84. The van der Waals surface area contributed by atoms with Gasteiger partial charge in [-0.25, -0.2) is 27.2 Å². The number of hydrogen-bond donors (Lipinski definition) is 2. The number of amidine groups is 1. The molecule has 2 aromatic heterocycles. The molecule has 0 aliphatic rings. The van der Waals surface area contributed by atoms with Crippen LogP contribution in [0.3, 0.4) is 0 Å². The molecule has 0 bridgehead atoms. The Hall–Kier alpha value is -3.34. The van der Waals surface area contributed by atoms with E-state index in [0.717, 1.165) is 18.4 Å². The number of nitrogens with two attached hydrogens (primary N) is 1. The second-order valence-corrected chi connectivity index (χ2v) is 9.11. The van der Waals surface area contributed by atoms with E-state index in [0.29, 0.717) is 22.8 Å². The van der Waals surface area contributed by atoms with Crippen molar-refractivity contribution >= 4 is 38.1 Å². The second kappa shape index (κ2) is 8.42. The smallest absolute Gasteiger partial charge is 0.263 e. The number of aromatic nitrogens is 2. The van der Waals surface area contributed by atoms with E-state index in [1.165, 1.54) is 32.5 Å². The van der Waals surface area contributed by atoms with Gasteiger partial charge in [0.25, 0.3) is 5.00 Å². The first-order valence-corrected chi connectivity index (χ1v) is 10.7. The highest BCUT2D eigenvalue weighted by molar-refractivity contribution is 7.92. The number of pyridine rings is 2. The molecule has 8 nitrogen and oxygen atoms in total. The largest absolute Gasteiger partial charge is 0.495 e. The second-order valence-electron chi connectivity index (χ2n) is 6.82. The zero-order valence-electron chi connectivity index (χ0n) is 17.1. The van der Waals surface area contributed by atoms with Gasteiger partial charge < -0.3 is 15.8 Å². The van der Waals surface area contributed by atoms with E-state index in [9.17, 15) is 17.2 Å². The lowest BCUT2D eigenvalue weighted by atomic mass is 10.2. The van der Waals surface area contributed by atoms with Crippen LogP contribution in [0.5, 0.6) is 5.75 Å². The van der Waals surface area contributed by atoms with Gasteiger partial charge in [0.1, 0.15) is 22.9 Å². The number of rotatable bonds is 7. The topological polar surface area (TPSA) is 120 Å². The number of benzene rings is 1. The highest BCUT2D eigenvalue weighted by Crippen LogP contribution is 2.29. The summed E-state index contributed by atoms with van der Waals surface area (Å²) in [6.07, 6.45) is 3.09. The number of alkyl halides is 1. The van der Waals surface area contributed by atoms with Gasteiger partial charge in [-0.3, -0.25) is 4.99 Å². The summed E-state index contributed by atoms with van der Waals surface area (Å²) in [6.45, 7) is 0.782. The Morgan fingerprint density at radius 1 is 1.29 bits per heavy atom. The Morgan fingerprint density at radius 3 is 2.71 bits per heavy atom. The first-order valence-electron chi connectivity index (χ1n) is 9.07. The molecule has 0 saturated heterocycles. The predicted molar refractivity (Wildman–Crippen MR) is 115 cm³/mol. The van der Waals surface area contributed by atoms with Crippen molar-refractivity contribution in [1.82, 2.24) is 9.97 Å². The molecule has 3 aromatic rings. The molecule has 0 amide bonds. The highest BCUT2D eigenvalue weighted by Gasteiger charge is 2.43. The highest BCUT2D eigenvalue weighted by atomic mass is 32.2. The van der Waals surface area contributed by atoms with Crippen LogP contribution in [0.4, 0.5) is 20.3 Å². The number of ether oxygens (including phenoxy) is 1. The van der Waals surface area contributed by atoms with Crippen LogP contribution < -0.4 is 15.8 Å². The summed E-state index contributed by atoms with van der Waals surface area (Å²) in [5.74, 6) is -1.47. The molecule has 3 rings (SSSR count). The van der Waals surface area contributed by atoms with Gasteiger partial charge in [0.15, 0.2) is 15.7 Å². The fraction of sp³-hybridized carbons (Fsp3) is 0.250. The van der Waals surface area contributed by atoms with E-state index < -0.39 is 32.2 Å². The summed E-state index contributed by atoms with van der Waals surface area (Å²) in [4.78, 5) is 12.0. The predicted octanol–water partition coefficient (Wildman–Crippen LogP) is 3.11. The maximum absolute atomic E-state index is 14.8. The Balaban J connectivity index is 1.95. The lowest BCUT2D eigenvalue weighted by Crippen LogP contribution is -2.44. The fourth-order valence-corrected chi connectivity index (χ4v) is 4.15. The van der Waals surface area contributed by atoms with Crippen molar-refractivity contribution in [3.8, 4) is 5.75 Å². The van der Waals surface area contributed by atoms with Gasteiger partial charge in [-0.05, 0) is 37.3 Å². The molecule has 2 heterocycles. The average molecular weight is 449 g/mol. The van der Waals surface area contributed by atoms with Crippen LogP contribution in [0.2, 0.25) is 0 Å². The van der Waals surface area contributed by atoms with Crippen LogP contribution in [-0.4, -0.2) is 43.4 Å². The lowest BCUT2D eigenvalue weighted by Gasteiger charge is -2.20. The summed E-state index contributed by atoms with van der Waals surface area (Å²) < 4.78 is 59.3. The number of hydrogen-bond acceptors (Lipinski definition) is 7. The minimum atomic E-state index is -4.51. The number of sulfone groups is 1. The zero-order chi connectivity index (χ0) is 22.8. The van der Waals surface area contributed by atoms with Crippen LogP contribution in [0.1, 0.15) is 12.5 Å². The molecular weight excluding hydrogens is 428 g/mol. The van der Waals surface area contributed by atoms with E-state index in [4.69, 9.17) is 10.5 Å². The van der Waals surface area contributed by atoms with Gasteiger partial charge in [-0.2, -0.15) is 0 Å². The van der Waals surface area contributed by atoms with Crippen molar-refractivity contribution in [2.45, 2.75) is 17.7 Å². The molecule has 0 aliphatic heterocycles. The third-order valence-corrected chi connectivity index (χ3v) is 6.81. The number of halogens is 2. The summed E-state index contributed by atoms with van der Waals surface area (Å²) in [7, 11) is -1.81. The average Bonchev–Trinajstić information content (AvgIpc) is 2.74. The van der Waals surface area contributed by atoms with Gasteiger partial charge in [-0.1, -0.05) is 0 Å². The number of fused-ring (bicyclic) bond motifs is 1. The lowest BCUT2D eigenvalue weighted by molar-refractivity contribution is 0.376. The Bertz CT molecular complexity index is 1260. The normalized spacial score (nSPS) is 14.3. The molecule has 164 valence electrons. The van der Waals surface area contributed by atoms with Crippen molar-refractivity contribution in [3.05, 3.63) is 54.1 Å². The number of aliphatic imine (C=N–C) groups is 1. The Morgan fingerprint density at radius 2 is 2.03 bits per heavy atom. The van der Waals surface area contributed by atoms with Crippen molar-refractivity contribution < 1.29 is 21.9 Å². The number of anilines is 2. The van der Waals surface area contributed by atoms with E-state index >= 15 is 0 Å². The molecule has 31 heavy (non-hydrogen) atoms. The monoisotopic (exact) mass is 449 g/mol. The SMILES string of the molecule is C/N=C(/N)[C@](C)(F)S(=O)(=O)Cc1cc(Nc2nccc3cc(OC)cnc23)ccc1F. The van der Waals surface area contributed by atoms with Crippen LogP contribution in [0.15, 0.2) is 47.7 Å². The molecule has 0 fully saturated rings. The quantitative estimate of drug-likeness (QED) is 0.420. The molecule has 0 unspecified atom stereocenters. The van der Waals surface area contributed by atoms with Crippen molar-refractivity contribution in [2.75, 3.05) is 19.5 Å². The molecule has 0 radical (unpaired) electrons. The molecule has 1 atom stereocenters. The maximum Gasteiger partial charge on any atom is 0.263 e.